The van der Waals surface area contributed by atoms with E-state index in [2.05, 4.69) is 176 Å². The predicted molar refractivity (Wildman–Crippen MR) is 217 cm³/mol. The predicted octanol–water partition coefficient (Wildman–Crippen LogP) is 13.3. The van der Waals surface area contributed by atoms with Crippen LogP contribution in [0.3, 0.4) is 0 Å². The van der Waals surface area contributed by atoms with Gasteiger partial charge in [0.25, 0.3) is 0 Å². The fourth-order valence-corrected chi connectivity index (χ4v) is 7.76. The van der Waals surface area contributed by atoms with Gasteiger partial charge in [-0.3, -0.25) is 0 Å². The summed E-state index contributed by atoms with van der Waals surface area (Å²) in [6.45, 7) is 0. The molecule has 0 unspecified atom stereocenters. The summed E-state index contributed by atoms with van der Waals surface area (Å²) in [5, 5.41) is 2.65. The van der Waals surface area contributed by atoms with Gasteiger partial charge in [0, 0.05) is 16.7 Å². The second-order valence-electron chi connectivity index (χ2n) is 13.3. The summed E-state index contributed by atoms with van der Waals surface area (Å²) in [6, 6.07) is 69.1. The van der Waals surface area contributed by atoms with E-state index in [0.717, 1.165) is 44.8 Å². The Balaban J connectivity index is 0.997. The highest BCUT2D eigenvalue weighted by Gasteiger charge is 2.22. The number of aromatic nitrogens is 2. The zero-order chi connectivity index (χ0) is 34.4. The van der Waals surface area contributed by atoms with Gasteiger partial charge in [0.05, 0.1) is 11.4 Å². The lowest BCUT2D eigenvalue weighted by Gasteiger charge is -2.13. The molecule has 10 rings (SSSR count). The van der Waals surface area contributed by atoms with Crippen LogP contribution in [0.4, 0.5) is 0 Å². The second kappa shape index (κ2) is 12.5. The molecule has 0 saturated heterocycles. The van der Waals surface area contributed by atoms with Crippen LogP contribution in [-0.2, 0) is 0 Å². The fraction of sp³-hybridized carbons (Fsp3) is 0. The van der Waals surface area contributed by atoms with Crippen LogP contribution in [0.15, 0.2) is 194 Å². The number of hydrogen-bond donors (Lipinski definition) is 0. The van der Waals surface area contributed by atoms with Gasteiger partial charge in [-0.15, -0.1) is 0 Å². The van der Waals surface area contributed by atoms with Gasteiger partial charge in [0.2, 0.25) is 0 Å². The number of nitrogens with zero attached hydrogens (tertiary/aromatic N) is 2. The lowest BCUT2D eigenvalue weighted by molar-refractivity contribution is 1.18. The largest absolute Gasteiger partial charge is 0.228 e. The highest BCUT2D eigenvalue weighted by molar-refractivity contribution is 6.18. The van der Waals surface area contributed by atoms with Gasteiger partial charge in [0.1, 0.15) is 0 Å². The van der Waals surface area contributed by atoms with E-state index in [0.29, 0.717) is 5.82 Å². The molecule has 1 aliphatic carbocycles. The van der Waals surface area contributed by atoms with Crippen molar-refractivity contribution in [2.75, 3.05) is 0 Å². The van der Waals surface area contributed by atoms with Crippen molar-refractivity contribution >= 4 is 10.8 Å². The molecule has 242 valence electrons. The summed E-state index contributed by atoms with van der Waals surface area (Å²) in [6.07, 6.45) is 0. The summed E-state index contributed by atoms with van der Waals surface area (Å²) < 4.78 is 0. The molecule has 0 N–H and O–H groups in total. The molecule has 9 aromatic rings. The van der Waals surface area contributed by atoms with Gasteiger partial charge < -0.3 is 0 Å². The first-order valence-corrected chi connectivity index (χ1v) is 17.7. The van der Waals surface area contributed by atoms with Crippen LogP contribution in [0, 0.1) is 0 Å². The van der Waals surface area contributed by atoms with Gasteiger partial charge in [-0.2, -0.15) is 0 Å². The zero-order valence-electron chi connectivity index (χ0n) is 28.4. The second-order valence-corrected chi connectivity index (χ2v) is 13.3. The molecule has 2 heteroatoms. The fourth-order valence-electron chi connectivity index (χ4n) is 7.76. The van der Waals surface area contributed by atoms with Crippen LogP contribution >= 0.6 is 0 Å². The standard InChI is InChI=1S/C50H32N2/c1-3-12-35(13-4-1)39-16-7-10-19-43(39)48-32-47(51-50(52-48)38-14-5-2-6-15-38)37-28-24-34(25-29-37)33-22-26-36(27-23-33)40-30-31-46-42-18-9-8-17-41(42)45-21-11-20-44(40)49(45)46/h1-32H. The maximum absolute atomic E-state index is 5.12. The number of rotatable bonds is 6. The first-order chi connectivity index (χ1) is 25.8. The number of hydrogen-bond acceptors (Lipinski definition) is 2. The third kappa shape index (κ3) is 5.12. The highest BCUT2D eigenvalue weighted by atomic mass is 14.9. The molecular weight excluding hydrogens is 629 g/mol. The normalized spacial score (nSPS) is 11.5. The molecule has 1 heterocycles. The van der Waals surface area contributed by atoms with Gasteiger partial charge in [0.15, 0.2) is 5.82 Å². The van der Waals surface area contributed by atoms with Crippen molar-refractivity contribution in [3.63, 3.8) is 0 Å². The SMILES string of the molecule is c1ccc(-c2nc(-c3ccc(-c4ccc(-c5ccc6c7c(cccc57)-c5ccccc5-6)cc4)cc3)cc(-c3ccccc3-c3ccccc3)n2)cc1. The van der Waals surface area contributed by atoms with Crippen LogP contribution in [0.1, 0.15) is 0 Å². The Kier molecular flexibility index (Phi) is 7.18. The van der Waals surface area contributed by atoms with E-state index in [1.165, 1.54) is 49.7 Å². The van der Waals surface area contributed by atoms with Crippen LogP contribution < -0.4 is 0 Å². The molecule has 1 aliphatic rings. The molecule has 2 nitrogen and oxygen atoms in total. The molecule has 0 spiro atoms. The Labute approximate surface area is 303 Å². The summed E-state index contributed by atoms with van der Waals surface area (Å²) >= 11 is 0. The zero-order valence-corrected chi connectivity index (χ0v) is 28.4. The molecule has 0 saturated carbocycles. The average Bonchev–Trinajstić information content (AvgIpc) is 3.56. The monoisotopic (exact) mass is 660 g/mol. The van der Waals surface area contributed by atoms with Crippen molar-refractivity contribution in [2.45, 2.75) is 0 Å². The van der Waals surface area contributed by atoms with Gasteiger partial charge in [-0.05, 0) is 72.5 Å². The van der Waals surface area contributed by atoms with Crippen molar-refractivity contribution in [1.82, 2.24) is 9.97 Å². The van der Waals surface area contributed by atoms with E-state index in [4.69, 9.17) is 9.97 Å². The molecule has 0 amide bonds. The molecule has 0 radical (unpaired) electrons. The maximum Gasteiger partial charge on any atom is 0.160 e. The van der Waals surface area contributed by atoms with Gasteiger partial charge in [-0.1, -0.05) is 188 Å². The maximum atomic E-state index is 5.12. The van der Waals surface area contributed by atoms with E-state index in [9.17, 15) is 0 Å². The van der Waals surface area contributed by atoms with E-state index >= 15 is 0 Å². The van der Waals surface area contributed by atoms with E-state index in [1.54, 1.807) is 0 Å². The van der Waals surface area contributed by atoms with Gasteiger partial charge >= 0.3 is 0 Å². The molecule has 8 aromatic carbocycles. The van der Waals surface area contributed by atoms with Crippen LogP contribution in [0.2, 0.25) is 0 Å². The lowest BCUT2D eigenvalue weighted by atomic mass is 9.93. The van der Waals surface area contributed by atoms with Crippen molar-refractivity contribution in [2.24, 2.45) is 0 Å². The van der Waals surface area contributed by atoms with Crippen LogP contribution in [0.5, 0.6) is 0 Å². The number of fused-ring (bicyclic) bond motifs is 3. The van der Waals surface area contributed by atoms with E-state index in [-0.39, 0.29) is 0 Å². The third-order valence-corrected chi connectivity index (χ3v) is 10.3. The molecule has 0 atom stereocenters. The first kappa shape index (κ1) is 30.0. The molecule has 52 heavy (non-hydrogen) atoms. The van der Waals surface area contributed by atoms with Crippen molar-refractivity contribution in [3.05, 3.63) is 194 Å². The van der Waals surface area contributed by atoms with E-state index < -0.39 is 0 Å². The lowest BCUT2D eigenvalue weighted by Crippen LogP contribution is -1.97. The Morgan fingerprint density at radius 3 is 1.38 bits per heavy atom. The minimum Gasteiger partial charge on any atom is -0.228 e. The first-order valence-electron chi connectivity index (χ1n) is 17.7. The van der Waals surface area contributed by atoms with Crippen molar-refractivity contribution in [3.8, 4) is 89.5 Å². The molecule has 1 aromatic heterocycles. The third-order valence-electron chi connectivity index (χ3n) is 10.3. The highest BCUT2D eigenvalue weighted by Crippen LogP contribution is 2.49. The Morgan fingerprint density at radius 2 is 0.712 bits per heavy atom. The smallest absolute Gasteiger partial charge is 0.160 e. The topological polar surface area (TPSA) is 25.8 Å². The summed E-state index contributed by atoms with van der Waals surface area (Å²) in [5.41, 5.74) is 17.3. The Bertz CT molecular complexity index is 2720. The molecule has 0 fully saturated rings. The number of benzene rings is 8. The van der Waals surface area contributed by atoms with Crippen LogP contribution in [0.25, 0.3) is 100 Å². The van der Waals surface area contributed by atoms with Crippen molar-refractivity contribution < 1.29 is 0 Å². The quantitative estimate of drug-likeness (QED) is 0.177. The minimum atomic E-state index is 0.711. The van der Waals surface area contributed by atoms with Crippen LogP contribution in [-0.4, -0.2) is 9.97 Å². The summed E-state index contributed by atoms with van der Waals surface area (Å²) in [4.78, 5) is 10.2. The molecular formula is C50H32N2. The molecule has 0 bridgehead atoms. The Hall–Kier alpha value is -6.90. The van der Waals surface area contributed by atoms with E-state index in [1.807, 2.05) is 18.2 Å². The average molecular weight is 661 g/mol. The minimum absolute atomic E-state index is 0.711. The van der Waals surface area contributed by atoms with Gasteiger partial charge in [-0.25, -0.2) is 9.97 Å². The summed E-state index contributed by atoms with van der Waals surface area (Å²) in [7, 11) is 0. The Morgan fingerprint density at radius 1 is 0.250 bits per heavy atom. The summed E-state index contributed by atoms with van der Waals surface area (Å²) in [5.74, 6) is 0.711. The van der Waals surface area contributed by atoms with Crippen molar-refractivity contribution in [1.29, 1.82) is 0 Å². The molecule has 0 aliphatic heterocycles.